The molecule has 4 heteroatoms. The molecule has 0 bridgehead atoms. The maximum atomic E-state index is 5.78. The van der Waals surface area contributed by atoms with E-state index in [-0.39, 0.29) is 0 Å². The van der Waals surface area contributed by atoms with Gasteiger partial charge in [-0.1, -0.05) is 20.3 Å². The Hall–Kier alpha value is -0.830. The molecule has 0 saturated carbocycles. The lowest BCUT2D eigenvalue weighted by Gasteiger charge is -2.20. The number of anilines is 1. The summed E-state index contributed by atoms with van der Waals surface area (Å²) in [6.07, 6.45) is 1.14. The van der Waals surface area contributed by atoms with Crippen molar-refractivity contribution in [2.24, 2.45) is 5.92 Å². The third kappa shape index (κ3) is 3.67. The first-order chi connectivity index (χ1) is 7.02. The number of nitrogens with one attached hydrogen (secondary N) is 1. The molecule has 0 aromatic carbocycles. The van der Waals surface area contributed by atoms with Crippen LogP contribution in [0.25, 0.3) is 0 Å². The lowest BCUT2D eigenvalue weighted by atomic mass is 10.0. The Bertz CT molecular complexity index is 307. The van der Waals surface area contributed by atoms with Gasteiger partial charge >= 0.3 is 0 Å². The summed E-state index contributed by atoms with van der Waals surface area (Å²) in [6.45, 7) is 8.46. The van der Waals surface area contributed by atoms with Gasteiger partial charge < -0.3 is 5.32 Å². The van der Waals surface area contributed by atoms with E-state index in [4.69, 9.17) is 11.6 Å². The predicted molar refractivity (Wildman–Crippen MR) is 64.3 cm³/mol. The highest BCUT2D eigenvalue weighted by molar-refractivity contribution is 6.28. The highest BCUT2D eigenvalue weighted by atomic mass is 35.5. The van der Waals surface area contributed by atoms with Gasteiger partial charge in [0.05, 0.1) is 0 Å². The number of hydrogen-bond acceptors (Lipinski definition) is 3. The van der Waals surface area contributed by atoms with E-state index < -0.39 is 0 Å². The van der Waals surface area contributed by atoms with E-state index in [1.165, 1.54) is 0 Å². The Kier molecular flexibility index (Phi) is 4.33. The van der Waals surface area contributed by atoms with Gasteiger partial charge in [0.25, 0.3) is 0 Å². The smallest absolute Gasteiger partial charge is 0.224 e. The Balaban J connectivity index is 2.72. The molecule has 84 valence electrons. The maximum Gasteiger partial charge on any atom is 0.224 e. The summed E-state index contributed by atoms with van der Waals surface area (Å²) in [6, 6.07) is 2.30. The van der Waals surface area contributed by atoms with E-state index >= 15 is 0 Å². The van der Waals surface area contributed by atoms with Crippen molar-refractivity contribution in [1.82, 2.24) is 9.97 Å². The molecule has 0 aliphatic carbocycles. The number of rotatable bonds is 4. The van der Waals surface area contributed by atoms with Crippen LogP contribution in [0.5, 0.6) is 0 Å². The topological polar surface area (TPSA) is 37.8 Å². The first kappa shape index (κ1) is 12.2. The molecule has 0 aliphatic rings. The number of aromatic nitrogens is 2. The second kappa shape index (κ2) is 5.31. The van der Waals surface area contributed by atoms with Gasteiger partial charge in [-0.05, 0) is 31.4 Å². The summed E-state index contributed by atoms with van der Waals surface area (Å²) < 4.78 is 0. The molecule has 0 fully saturated rings. The van der Waals surface area contributed by atoms with Crippen LogP contribution in [0.15, 0.2) is 6.07 Å². The average Bonchev–Trinajstić information content (AvgIpc) is 2.14. The molecule has 2 unspecified atom stereocenters. The quantitative estimate of drug-likeness (QED) is 0.803. The van der Waals surface area contributed by atoms with Crippen LogP contribution >= 0.6 is 11.6 Å². The standard InChI is InChI=1S/C11H18ClN3/c1-5-7(2)9(4)14-10-6-8(3)13-11(12)15-10/h6-7,9H,5H2,1-4H3,(H,13,14,15). The summed E-state index contributed by atoms with van der Waals surface area (Å²) in [7, 11) is 0. The normalized spacial score (nSPS) is 14.7. The number of nitrogens with zero attached hydrogens (tertiary/aromatic N) is 2. The van der Waals surface area contributed by atoms with E-state index in [9.17, 15) is 0 Å². The van der Waals surface area contributed by atoms with Crippen molar-refractivity contribution in [3.8, 4) is 0 Å². The molecule has 3 nitrogen and oxygen atoms in total. The molecular weight excluding hydrogens is 210 g/mol. The van der Waals surface area contributed by atoms with Gasteiger partial charge in [-0.2, -0.15) is 0 Å². The molecule has 1 heterocycles. The van der Waals surface area contributed by atoms with E-state index in [1.807, 2.05) is 13.0 Å². The van der Waals surface area contributed by atoms with Crippen LogP contribution < -0.4 is 5.32 Å². The van der Waals surface area contributed by atoms with Crippen molar-refractivity contribution in [2.45, 2.75) is 40.2 Å². The van der Waals surface area contributed by atoms with Gasteiger partial charge in [0.15, 0.2) is 0 Å². The van der Waals surface area contributed by atoms with Gasteiger partial charge in [-0.3, -0.25) is 0 Å². The van der Waals surface area contributed by atoms with Crippen LogP contribution in [0.2, 0.25) is 5.28 Å². The maximum absolute atomic E-state index is 5.78. The van der Waals surface area contributed by atoms with Gasteiger partial charge in [-0.15, -0.1) is 0 Å². The van der Waals surface area contributed by atoms with Crippen molar-refractivity contribution >= 4 is 17.4 Å². The van der Waals surface area contributed by atoms with Gasteiger partial charge in [0.2, 0.25) is 5.28 Å². The SMILES string of the molecule is CCC(C)C(C)Nc1cc(C)nc(Cl)n1. The van der Waals surface area contributed by atoms with Crippen molar-refractivity contribution < 1.29 is 0 Å². The predicted octanol–water partition coefficient (Wildman–Crippen LogP) is 3.28. The van der Waals surface area contributed by atoms with Crippen LogP contribution in [-0.4, -0.2) is 16.0 Å². The Labute approximate surface area is 96.3 Å². The first-order valence-corrected chi connectivity index (χ1v) is 5.68. The lowest BCUT2D eigenvalue weighted by Crippen LogP contribution is -2.23. The van der Waals surface area contributed by atoms with E-state index in [1.54, 1.807) is 0 Å². The van der Waals surface area contributed by atoms with E-state index in [0.29, 0.717) is 17.2 Å². The fourth-order valence-electron chi connectivity index (χ4n) is 1.34. The van der Waals surface area contributed by atoms with E-state index in [0.717, 1.165) is 17.9 Å². The summed E-state index contributed by atoms with van der Waals surface area (Å²) in [4.78, 5) is 8.15. The van der Waals surface area contributed by atoms with Crippen molar-refractivity contribution in [3.63, 3.8) is 0 Å². The Morgan fingerprint density at radius 2 is 2.07 bits per heavy atom. The molecule has 0 radical (unpaired) electrons. The number of aryl methyl sites for hydroxylation is 1. The monoisotopic (exact) mass is 227 g/mol. The largest absolute Gasteiger partial charge is 0.367 e. The van der Waals surface area contributed by atoms with Crippen LogP contribution in [0.1, 0.15) is 32.9 Å². The zero-order valence-corrected chi connectivity index (χ0v) is 10.5. The third-order valence-corrected chi connectivity index (χ3v) is 2.87. The molecule has 0 spiro atoms. The molecule has 0 aliphatic heterocycles. The lowest BCUT2D eigenvalue weighted by molar-refractivity contribution is 0.493. The molecule has 1 rings (SSSR count). The fraction of sp³-hybridized carbons (Fsp3) is 0.636. The zero-order chi connectivity index (χ0) is 11.4. The average molecular weight is 228 g/mol. The summed E-state index contributed by atoms with van der Waals surface area (Å²) in [5.74, 6) is 1.42. The Morgan fingerprint density at radius 3 is 2.60 bits per heavy atom. The number of halogens is 1. The highest BCUT2D eigenvalue weighted by Gasteiger charge is 2.10. The first-order valence-electron chi connectivity index (χ1n) is 5.30. The van der Waals surface area contributed by atoms with E-state index in [2.05, 4.69) is 36.1 Å². The zero-order valence-electron chi connectivity index (χ0n) is 9.71. The fourth-order valence-corrected chi connectivity index (χ4v) is 1.56. The minimum atomic E-state index is 0.300. The molecule has 1 aromatic heterocycles. The highest BCUT2D eigenvalue weighted by Crippen LogP contribution is 2.15. The molecule has 2 atom stereocenters. The molecular formula is C11H18ClN3. The van der Waals surface area contributed by atoms with Crippen LogP contribution in [0.4, 0.5) is 5.82 Å². The van der Waals surface area contributed by atoms with Gasteiger partial charge in [0, 0.05) is 17.8 Å². The molecule has 1 aromatic rings. The van der Waals surface area contributed by atoms with Crippen LogP contribution in [0.3, 0.4) is 0 Å². The number of hydrogen-bond donors (Lipinski definition) is 1. The van der Waals surface area contributed by atoms with Crippen molar-refractivity contribution in [2.75, 3.05) is 5.32 Å². The van der Waals surface area contributed by atoms with Gasteiger partial charge in [-0.25, -0.2) is 9.97 Å². The Morgan fingerprint density at radius 1 is 1.40 bits per heavy atom. The third-order valence-electron chi connectivity index (χ3n) is 2.70. The van der Waals surface area contributed by atoms with Crippen molar-refractivity contribution in [3.05, 3.63) is 17.0 Å². The van der Waals surface area contributed by atoms with Crippen LogP contribution in [0, 0.1) is 12.8 Å². The second-order valence-corrected chi connectivity index (χ2v) is 4.32. The molecule has 0 saturated heterocycles. The summed E-state index contributed by atoms with van der Waals surface area (Å²) in [5.41, 5.74) is 0.883. The summed E-state index contributed by atoms with van der Waals surface area (Å²) >= 11 is 5.78. The molecule has 15 heavy (non-hydrogen) atoms. The minimum Gasteiger partial charge on any atom is -0.367 e. The van der Waals surface area contributed by atoms with Crippen LogP contribution in [-0.2, 0) is 0 Å². The second-order valence-electron chi connectivity index (χ2n) is 3.98. The van der Waals surface area contributed by atoms with Crippen molar-refractivity contribution in [1.29, 1.82) is 0 Å². The molecule has 1 N–H and O–H groups in total. The molecule has 0 amide bonds. The van der Waals surface area contributed by atoms with Gasteiger partial charge in [0.1, 0.15) is 5.82 Å². The summed E-state index contributed by atoms with van der Waals surface area (Å²) in [5, 5.41) is 3.64. The minimum absolute atomic E-state index is 0.300.